The van der Waals surface area contributed by atoms with Crippen molar-refractivity contribution in [2.24, 2.45) is 0 Å². The molecule has 1 aromatic heterocycles. The van der Waals surface area contributed by atoms with Crippen molar-refractivity contribution in [1.82, 2.24) is 15.1 Å². The maximum Gasteiger partial charge on any atom is 0.305 e. The van der Waals surface area contributed by atoms with E-state index < -0.39 is 5.97 Å². The molecule has 2 N–H and O–H groups in total. The van der Waals surface area contributed by atoms with Crippen molar-refractivity contribution in [3.05, 3.63) is 17.5 Å². The van der Waals surface area contributed by atoms with Crippen LogP contribution in [0.5, 0.6) is 0 Å². The maximum absolute atomic E-state index is 11.8. The van der Waals surface area contributed by atoms with Gasteiger partial charge in [0.25, 0.3) is 5.91 Å². The Morgan fingerprint density at radius 1 is 1.50 bits per heavy atom. The third-order valence-electron chi connectivity index (χ3n) is 2.56. The minimum Gasteiger partial charge on any atom is -0.481 e. The molecule has 1 rings (SSSR count). The minimum absolute atomic E-state index is 0.0746. The van der Waals surface area contributed by atoms with Crippen molar-refractivity contribution in [3.8, 4) is 0 Å². The van der Waals surface area contributed by atoms with E-state index in [2.05, 4.69) is 17.3 Å². The predicted octanol–water partition coefficient (Wildman–Crippen LogP) is 1.20. The number of hydrogen-bond donors (Lipinski definition) is 2. The van der Waals surface area contributed by atoms with Gasteiger partial charge in [-0.15, -0.1) is 0 Å². The van der Waals surface area contributed by atoms with Crippen molar-refractivity contribution in [3.63, 3.8) is 0 Å². The number of hydrogen-bond acceptors (Lipinski definition) is 3. The third kappa shape index (κ3) is 4.20. The van der Waals surface area contributed by atoms with Crippen LogP contribution in [0.4, 0.5) is 0 Å². The van der Waals surface area contributed by atoms with Gasteiger partial charge in [0.05, 0.1) is 17.7 Å². The zero-order valence-electron chi connectivity index (χ0n) is 10.8. The second-order valence-electron chi connectivity index (χ2n) is 4.14. The van der Waals surface area contributed by atoms with E-state index in [1.165, 1.54) is 0 Å². The Kier molecular flexibility index (Phi) is 5.35. The first-order chi connectivity index (χ1) is 8.54. The molecule has 0 aromatic carbocycles. The van der Waals surface area contributed by atoms with Gasteiger partial charge in [-0.2, -0.15) is 5.10 Å². The number of aliphatic carboxylic acids is 1. The first-order valence-corrected chi connectivity index (χ1v) is 6.08. The molecule has 0 aliphatic rings. The van der Waals surface area contributed by atoms with Crippen molar-refractivity contribution >= 4 is 11.9 Å². The number of rotatable bonds is 7. The van der Waals surface area contributed by atoms with Crippen molar-refractivity contribution in [1.29, 1.82) is 0 Å². The van der Waals surface area contributed by atoms with Gasteiger partial charge in [-0.25, -0.2) is 0 Å². The van der Waals surface area contributed by atoms with Gasteiger partial charge in [0, 0.05) is 19.3 Å². The van der Waals surface area contributed by atoms with Crippen molar-refractivity contribution in [2.45, 2.75) is 39.7 Å². The summed E-state index contributed by atoms with van der Waals surface area (Å²) in [5, 5.41) is 15.3. The van der Waals surface area contributed by atoms with Gasteiger partial charge in [0.2, 0.25) is 0 Å². The minimum atomic E-state index is -0.925. The molecular weight excluding hydrogens is 234 g/mol. The topological polar surface area (TPSA) is 84.2 Å². The average Bonchev–Trinajstić information content (AvgIpc) is 2.67. The molecule has 0 saturated heterocycles. The predicted molar refractivity (Wildman–Crippen MR) is 66.5 cm³/mol. The Labute approximate surface area is 106 Å². The van der Waals surface area contributed by atoms with Gasteiger partial charge in [0.15, 0.2) is 0 Å². The van der Waals surface area contributed by atoms with Crippen LogP contribution in [0.15, 0.2) is 6.20 Å². The van der Waals surface area contributed by atoms with Crippen LogP contribution in [-0.4, -0.2) is 33.3 Å². The SMILES string of the molecule is CCCCn1cc(C(=O)NCCC(=O)O)c(C)n1. The fraction of sp³-hybridized carbons (Fsp3) is 0.583. The summed E-state index contributed by atoms with van der Waals surface area (Å²) in [6.07, 6.45) is 3.72. The van der Waals surface area contributed by atoms with E-state index in [1.54, 1.807) is 17.8 Å². The standard InChI is InChI=1S/C12H19N3O3/c1-3-4-7-15-8-10(9(2)14-15)12(18)13-6-5-11(16)17/h8H,3-7H2,1-2H3,(H,13,18)(H,16,17). The maximum atomic E-state index is 11.8. The molecule has 6 heteroatoms. The summed E-state index contributed by atoms with van der Waals surface area (Å²) in [5.41, 5.74) is 1.18. The van der Waals surface area contributed by atoms with Gasteiger partial charge < -0.3 is 10.4 Å². The van der Waals surface area contributed by atoms with E-state index in [0.717, 1.165) is 19.4 Å². The largest absolute Gasteiger partial charge is 0.481 e. The summed E-state index contributed by atoms with van der Waals surface area (Å²) in [6, 6.07) is 0. The monoisotopic (exact) mass is 253 g/mol. The zero-order valence-corrected chi connectivity index (χ0v) is 10.8. The summed E-state index contributed by atoms with van der Waals surface area (Å²) in [4.78, 5) is 22.1. The molecule has 0 unspecified atom stereocenters. The van der Waals surface area contributed by atoms with E-state index in [1.807, 2.05) is 0 Å². The highest BCUT2D eigenvalue weighted by Crippen LogP contribution is 2.06. The van der Waals surface area contributed by atoms with Crippen LogP contribution in [0.2, 0.25) is 0 Å². The number of carbonyl (C=O) groups is 2. The molecule has 0 saturated carbocycles. The fourth-order valence-electron chi connectivity index (χ4n) is 1.55. The van der Waals surface area contributed by atoms with Gasteiger partial charge in [0.1, 0.15) is 0 Å². The van der Waals surface area contributed by atoms with Crippen LogP contribution < -0.4 is 5.32 Å². The Bertz CT molecular complexity index is 426. The van der Waals surface area contributed by atoms with Crippen LogP contribution in [0, 0.1) is 6.92 Å². The molecule has 1 aromatic rings. The van der Waals surface area contributed by atoms with E-state index in [-0.39, 0.29) is 18.9 Å². The molecule has 0 bridgehead atoms. The summed E-state index contributed by atoms with van der Waals surface area (Å²) in [7, 11) is 0. The summed E-state index contributed by atoms with van der Waals surface area (Å²) in [5.74, 6) is -1.19. The quantitative estimate of drug-likeness (QED) is 0.764. The van der Waals surface area contributed by atoms with Crippen LogP contribution in [0.3, 0.4) is 0 Å². The molecule has 1 heterocycles. The number of amides is 1. The van der Waals surface area contributed by atoms with Crippen molar-refractivity contribution in [2.75, 3.05) is 6.54 Å². The van der Waals surface area contributed by atoms with Crippen LogP contribution >= 0.6 is 0 Å². The number of carboxylic acid groups (broad SMARTS) is 1. The smallest absolute Gasteiger partial charge is 0.305 e. The lowest BCUT2D eigenvalue weighted by atomic mass is 10.2. The lowest BCUT2D eigenvalue weighted by Gasteiger charge is -2.01. The number of carbonyl (C=O) groups excluding carboxylic acids is 1. The van der Waals surface area contributed by atoms with E-state index >= 15 is 0 Å². The lowest BCUT2D eigenvalue weighted by Crippen LogP contribution is -2.26. The van der Waals surface area contributed by atoms with Crippen LogP contribution in [-0.2, 0) is 11.3 Å². The second-order valence-corrected chi connectivity index (χ2v) is 4.14. The second kappa shape index (κ2) is 6.78. The third-order valence-corrected chi connectivity index (χ3v) is 2.56. The lowest BCUT2D eigenvalue weighted by molar-refractivity contribution is -0.136. The highest BCUT2D eigenvalue weighted by Gasteiger charge is 2.13. The number of carboxylic acids is 1. The molecule has 0 aliphatic carbocycles. The first-order valence-electron chi connectivity index (χ1n) is 6.08. The van der Waals surface area contributed by atoms with Gasteiger partial charge >= 0.3 is 5.97 Å². The number of unbranched alkanes of at least 4 members (excludes halogenated alkanes) is 1. The molecule has 18 heavy (non-hydrogen) atoms. The number of aromatic nitrogens is 2. The van der Waals surface area contributed by atoms with E-state index in [9.17, 15) is 9.59 Å². The number of aryl methyl sites for hydroxylation is 2. The number of nitrogens with zero attached hydrogens (tertiary/aromatic N) is 2. The highest BCUT2D eigenvalue weighted by molar-refractivity contribution is 5.95. The number of nitrogens with one attached hydrogen (secondary N) is 1. The Balaban J connectivity index is 2.56. The Morgan fingerprint density at radius 2 is 2.22 bits per heavy atom. The molecule has 0 aliphatic heterocycles. The van der Waals surface area contributed by atoms with E-state index in [4.69, 9.17) is 5.11 Å². The molecule has 0 radical (unpaired) electrons. The Morgan fingerprint density at radius 3 is 2.83 bits per heavy atom. The molecule has 100 valence electrons. The van der Waals surface area contributed by atoms with Gasteiger partial charge in [-0.1, -0.05) is 13.3 Å². The summed E-state index contributed by atoms with van der Waals surface area (Å²) < 4.78 is 1.75. The van der Waals surface area contributed by atoms with Crippen LogP contribution in [0.25, 0.3) is 0 Å². The highest BCUT2D eigenvalue weighted by atomic mass is 16.4. The van der Waals surface area contributed by atoms with Gasteiger partial charge in [-0.05, 0) is 13.3 Å². The molecule has 0 fully saturated rings. The molecule has 0 spiro atoms. The van der Waals surface area contributed by atoms with Crippen molar-refractivity contribution < 1.29 is 14.7 Å². The molecule has 1 amide bonds. The first kappa shape index (κ1) is 14.2. The summed E-state index contributed by atoms with van der Waals surface area (Å²) in [6.45, 7) is 4.79. The van der Waals surface area contributed by atoms with E-state index in [0.29, 0.717) is 11.3 Å². The Hall–Kier alpha value is -1.85. The summed E-state index contributed by atoms with van der Waals surface area (Å²) >= 11 is 0. The normalized spacial score (nSPS) is 10.3. The average molecular weight is 253 g/mol. The zero-order chi connectivity index (χ0) is 13.5. The molecule has 0 atom stereocenters. The fourth-order valence-corrected chi connectivity index (χ4v) is 1.55. The van der Waals surface area contributed by atoms with Crippen LogP contribution in [0.1, 0.15) is 42.2 Å². The molecule has 6 nitrogen and oxygen atoms in total. The van der Waals surface area contributed by atoms with Gasteiger partial charge in [-0.3, -0.25) is 14.3 Å². The molecular formula is C12H19N3O3.